The van der Waals surface area contributed by atoms with Gasteiger partial charge in [-0.25, -0.2) is 4.98 Å². The number of hydrogen-bond donors (Lipinski definition) is 0. The first-order chi connectivity index (χ1) is 37.2. The molecule has 0 unspecified atom stereocenters. The second-order valence-electron chi connectivity index (χ2n) is 23.7. The first kappa shape index (κ1) is 43.9. The molecular formula is C68H69N4OPt-3. The fourth-order valence-electron chi connectivity index (χ4n) is 10.8. The fourth-order valence-corrected chi connectivity index (χ4v) is 10.8. The quantitative estimate of drug-likeness (QED) is 0.135. The van der Waals surface area contributed by atoms with Crippen LogP contribution in [0.3, 0.4) is 0 Å². The van der Waals surface area contributed by atoms with Crippen LogP contribution in [0.25, 0.3) is 49.9 Å². The first-order valence-corrected chi connectivity index (χ1v) is 25.8. The van der Waals surface area contributed by atoms with Crippen LogP contribution in [-0.2, 0) is 49.1 Å². The average molecular weight is 1160 g/mol. The molecule has 0 saturated carbocycles. The van der Waals surface area contributed by atoms with E-state index in [9.17, 15) is 2.74 Å². The first-order valence-electron chi connectivity index (χ1n) is 28.8. The minimum atomic E-state index is -1.65. The molecule has 0 N–H and O–H groups in total. The van der Waals surface area contributed by atoms with Crippen molar-refractivity contribution in [3.8, 4) is 39.6 Å². The molecule has 380 valence electrons. The standard InChI is InChI=1S/C68H69N4O.Pt/c1-44(2)35-45-36-55(46-19-17-20-48(38-46)65(3,4)5)64(56(37-45)47-27-30-57-58(39-47)68(11,12)33-32-67(57,9)10)71-43-70(60-25-15-16-26-61(60)71)50-21-18-22-51(41-50)73-52-28-29-54-53-23-13-14-24-59(53)72(62(54)42-52)63-40-49(31-34-69-63)66(6,7)8;/h13-31,34,36-40,43-44H,32-33,35H2,1-12H3;/q-3;/i13D,14D,23D,24D,35D2;. The van der Waals surface area contributed by atoms with E-state index >= 15 is 0 Å². The van der Waals surface area contributed by atoms with E-state index in [1.807, 2.05) is 56.3 Å². The van der Waals surface area contributed by atoms with Gasteiger partial charge in [-0.2, -0.15) is 12.1 Å². The van der Waals surface area contributed by atoms with Crippen molar-refractivity contribution in [1.29, 1.82) is 0 Å². The van der Waals surface area contributed by atoms with Gasteiger partial charge in [0.2, 0.25) is 0 Å². The zero-order chi connectivity index (χ0) is 56.5. The van der Waals surface area contributed by atoms with Crippen LogP contribution in [-0.4, -0.2) is 9.55 Å². The van der Waals surface area contributed by atoms with Crippen LogP contribution in [0.2, 0.25) is 0 Å². The minimum absolute atomic E-state index is 0. The second kappa shape index (κ2) is 19.1. The molecule has 0 saturated heterocycles. The van der Waals surface area contributed by atoms with Crippen molar-refractivity contribution in [3.63, 3.8) is 0 Å². The zero-order valence-corrected chi connectivity index (χ0v) is 47.0. The van der Waals surface area contributed by atoms with Crippen LogP contribution in [0.1, 0.15) is 132 Å². The average Bonchev–Trinajstić information content (AvgIpc) is 4.00. The van der Waals surface area contributed by atoms with Gasteiger partial charge in [-0.1, -0.05) is 161 Å². The van der Waals surface area contributed by atoms with Gasteiger partial charge in [0, 0.05) is 75.2 Å². The molecule has 5 nitrogen and oxygen atoms in total. The van der Waals surface area contributed by atoms with Crippen molar-refractivity contribution < 1.29 is 34.0 Å². The summed E-state index contributed by atoms with van der Waals surface area (Å²) in [4.78, 5) is 9.15. The van der Waals surface area contributed by atoms with Gasteiger partial charge in [-0.15, -0.1) is 48.1 Å². The van der Waals surface area contributed by atoms with Gasteiger partial charge in [0.25, 0.3) is 0 Å². The van der Waals surface area contributed by atoms with Gasteiger partial charge in [-0.05, 0) is 134 Å². The van der Waals surface area contributed by atoms with E-state index in [0.717, 1.165) is 63.4 Å². The summed E-state index contributed by atoms with van der Waals surface area (Å²) in [5, 5.41) is 0.979. The molecular weight excluding hydrogens is 1080 g/mol. The molecule has 1 aliphatic heterocycles. The summed E-state index contributed by atoms with van der Waals surface area (Å²) >= 11 is 0. The van der Waals surface area contributed by atoms with Crippen LogP contribution in [0.15, 0.2) is 152 Å². The Morgan fingerprint density at radius 2 is 1.32 bits per heavy atom. The Hall–Kier alpha value is -6.42. The van der Waals surface area contributed by atoms with Crippen LogP contribution in [0.4, 0.5) is 22.7 Å². The number of anilines is 4. The summed E-state index contributed by atoms with van der Waals surface area (Å²) < 4.78 is 63.2. The van der Waals surface area contributed by atoms with Gasteiger partial charge >= 0.3 is 0 Å². The molecule has 6 heteroatoms. The van der Waals surface area contributed by atoms with Crippen molar-refractivity contribution in [2.75, 3.05) is 9.80 Å². The van der Waals surface area contributed by atoms with Gasteiger partial charge in [-0.3, -0.25) is 0 Å². The zero-order valence-electron chi connectivity index (χ0n) is 50.7. The summed E-state index contributed by atoms with van der Waals surface area (Å²) in [6.45, 7) is 28.5. The van der Waals surface area contributed by atoms with Crippen LogP contribution >= 0.6 is 0 Å². The predicted molar refractivity (Wildman–Crippen MR) is 306 cm³/mol. The van der Waals surface area contributed by atoms with Crippen LogP contribution in [0.5, 0.6) is 11.5 Å². The van der Waals surface area contributed by atoms with E-state index in [4.69, 9.17) is 15.2 Å². The fraction of sp³-hybridized carbons (Fsp3) is 0.294. The van der Waals surface area contributed by atoms with E-state index in [0.29, 0.717) is 44.7 Å². The number of benzene rings is 7. The molecule has 1 aliphatic carbocycles. The normalized spacial score (nSPS) is 16.4. The summed E-state index contributed by atoms with van der Waals surface area (Å²) in [6.07, 6.45) is 2.25. The molecule has 7 aromatic carbocycles. The Morgan fingerprint density at radius 1 is 0.676 bits per heavy atom. The van der Waals surface area contributed by atoms with E-state index < -0.39 is 6.37 Å². The topological polar surface area (TPSA) is 33.5 Å². The Kier molecular flexibility index (Phi) is 11.3. The molecule has 11 rings (SSSR count). The summed E-state index contributed by atoms with van der Waals surface area (Å²) in [5.74, 6) is 1.01. The molecule has 74 heavy (non-hydrogen) atoms. The Balaban J connectivity index is 0.00000720. The van der Waals surface area contributed by atoms with Crippen molar-refractivity contribution in [2.45, 2.75) is 124 Å². The number of ether oxygens (including phenoxy) is 1. The maximum Gasteiger partial charge on any atom is 0.135 e. The van der Waals surface area contributed by atoms with Gasteiger partial charge in [0.05, 0.1) is 5.48 Å². The van der Waals surface area contributed by atoms with Gasteiger partial charge < -0.3 is 19.1 Å². The Morgan fingerprint density at radius 3 is 2.04 bits per heavy atom. The number of nitrogens with zero attached hydrogens (tertiary/aromatic N) is 4. The number of rotatable bonds is 9. The van der Waals surface area contributed by atoms with Crippen molar-refractivity contribution in [2.24, 2.45) is 5.92 Å². The Bertz CT molecular complexity index is 3920. The summed E-state index contributed by atoms with van der Waals surface area (Å²) in [5.41, 5.74) is 13.4. The van der Waals surface area contributed by atoms with Gasteiger partial charge in [0.1, 0.15) is 5.82 Å². The second-order valence-corrected chi connectivity index (χ2v) is 23.7. The molecule has 0 fully saturated rings. The third kappa shape index (κ3) is 9.40. The monoisotopic (exact) mass is 1160 g/mol. The SMILES string of the molecule is [2H]c1c([2H])c([2H])c2c(c1[2H])c1ccc(Oc3[c-]c(N4[CH-]N(c5c(-c6cccc(C(C)(C)C)c6)cc(C([2H])([2H])C(C)C)cc5-c5ccc6c(c5)C(C)(C)CCC6(C)C)c5ccccc54)ccc3)[c-]c1n2-c1cc(C(C)(C)C)ccn1.[Pt]. The van der Waals surface area contributed by atoms with Crippen LogP contribution in [0, 0.1) is 24.7 Å². The van der Waals surface area contributed by atoms with Crippen LogP contribution < -0.4 is 14.5 Å². The predicted octanol–water partition coefficient (Wildman–Crippen LogP) is 18.5. The van der Waals surface area contributed by atoms with Crippen molar-refractivity contribution in [1.82, 2.24) is 9.55 Å². The van der Waals surface area contributed by atoms with E-state index in [1.54, 1.807) is 16.8 Å². The third-order valence-corrected chi connectivity index (χ3v) is 15.0. The molecule has 0 spiro atoms. The molecule has 9 aromatic rings. The van der Waals surface area contributed by atoms with E-state index in [1.165, 1.54) is 16.7 Å². The maximum absolute atomic E-state index is 9.65. The molecule has 2 aromatic heterocycles. The maximum atomic E-state index is 9.65. The van der Waals surface area contributed by atoms with Gasteiger partial charge in [0.15, 0.2) is 0 Å². The van der Waals surface area contributed by atoms with E-state index in [2.05, 4.69) is 171 Å². The molecule has 2 aliphatic rings. The molecule has 3 heterocycles. The summed E-state index contributed by atoms with van der Waals surface area (Å²) in [7, 11) is 0. The number of aromatic nitrogens is 2. The van der Waals surface area contributed by atoms with E-state index in [-0.39, 0.29) is 72.8 Å². The Labute approximate surface area is 463 Å². The van der Waals surface area contributed by atoms with Crippen molar-refractivity contribution in [3.05, 3.63) is 198 Å². The van der Waals surface area contributed by atoms with Crippen molar-refractivity contribution >= 4 is 44.6 Å². The molecule has 0 atom stereocenters. The smallest absolute Gasteiger partial charge is 0.135 e. The largest absolute Gasteiger partial charge is 0.509 e. The molecule has 0 radical (unpaired) electrons. The number of hydrogen-bond acceptors (Lipinski definition) is 4. The number of pyridine rings is 1. The number of fused-ring (bicyclic) bond motifs is 5. The molecule has 0 bridgehead atoms. The molecule has 0 amide bonds. The summed E-state index contributed by atoms with van der Waals surface area (Å²) in [6, 6.07) is 47.7. The minimum Gasteiger partial charge on any atom is -0.509 e. The number of para-hydroxylation sites is 3. The third-order valence-electron chi connectivity index (χ3n) is 15.0.